The number of aliphatic hydroxyl groups is 1. The van der Waals surface area contributed by atoms with Crippen LogP contribution in [0.2, 0.25) is 5.02 Å². The lowest BCUT2D eigenvalue weighted by atomic mass is 9.94. The van der Waals surface area contributed by atoms with Crippen molar-refractivity contribution in [1.82, 2.24) is 14.9 Å². The Hall–Kier alpha value is -3.90. The van der Waals surface area contributed by atoms with Gasteiger partial charge in [-0.25, -0.2) is 17.6 Å². The van der Waals surface area contributed by atoms with Crippen molar-refractivity contribution in [3.05, 3.63) is 46.5 Å². The summed E-state index contributed by atoms with van der Waals surface area (Å²) in [5, 5.41) is 21.0. The van der Waals surface area contributed by atoms with Crippen LogP contribution in [0.25, 0.3) is 32.1 Å². The van der Waals surface area contributed by atoms with Crippen LogP contribution in [0, 0.1) is 23.0 Å². The highest BCUT2D eigenvalue weighted by Crippen LogP contribution is 2.53. The molecule has 0 spiro atoms. The Labute approximate surface area is 281 Å². The lowest BCUT2D eigenvalue weighted by Crippen LogP contribution is -2.50. The molecule has 0 bridgehead atoms. The van der Waals surface area contributed by atoms with E-state index in [9.17, 15) is 23.5 Å². The molecule has 1 saturated carbocycles. The first-order valence-electron chi connectivity index (χ1n) is 15.5. The molecular formula is C33H29ClF4N6O3S. The van der Waals surface area contributed by atoms with Gasteiger partial charge in [0.25, 0.3) is 6.43 Å². The Bertz CT molecular complexity index is 2080. The van der Waals surface area contributed by atoms with E-state index in [4.69, 9.17) is 26.8 Å². The van der Waals surface area contributed by atoms with Gasteiger partial charge in [0.2, 0.25) is 0 Å². The number of hydrogen-bond donors (Lipinski definition) is 2. The number of nitriles is 1. The lowest BCUT2D eigenvalue weighted by Gasteiger charge is -2.34. The quantitative estimate of drug-likeness (QED) is 0.166. The number of nitrogen functional groups attached to an aromatic ring is 1. The first kappa shape index (κ1) is 31.4. The minimum absolute atomic E-state index is 0.0361. The third-order valence-electron chi connectivity index (χ3n) is 10.1. The third kappa shape index (κ3) is 4.69. The molecule has 2 atom stereocenters. The summed E-state index contributed by atoms with van der Waals surface area (Å²) in [5.74, 6) is -1.84. The van der Waals surface area contributed by atoms with E-state index in [2.05, 4.69) is 21.4 Å². The van der Waals surface area contributed by atoms with Crippen LogP contribution in [0.4, 0.5) is 28.4 Å². The maximum absolute atomic E-state index is 17.1. The topological polar surface area (TPSA) is 121 Å². The number of alkyl halides is 2. The second kappa shape index (κ2) is 11.1. The number of hydrogen-bond acceptors (Lipinski definition) is 10. The second-order valence-corrected chi connectivity index (χ2v) is 14.5. The summed E-state index contributed by atoms with van der Waals surface area (Å²) in [5.41, 5.74) is 4.88. The third-order valence-corrected chi connectivity index (χ3v) is 11.5. The summed E-state index contributed by atoms with van der Waals surface area (Å²) in [6, 6.07) is 3.17. The summed E-state index contributed by atoms with van der Waals surface area (Å²) >= 11 is 7.79. The van der Waals surface area contributed by atoms with Gasteiger partial charge in [-0.1, -0.05) is 29.8 Å². The molecule has 4 aromatic rings. The summed E-state index contributed by atoms with van der Waals surface area (Å²) in [4.78, 5) is 12.6. The molecule has 5 heterocycles. The minimum Gasteiger partial charge on any atom is -0.489 e. The van der Waals surface area contributed by atoms with Gasteiger partial charge >= 0.3 is 6.01 Å². The van der Waals surface area contributed by atoms with Gasteiger partial charge in [0.05, 0.1) is 44.4 Å². The molecule has 1 unspecified atom stereocenters. The first-order chi connectivity index (χ1) is 22.9. The van der Waals surface area contributed by atoms with E-state index in [-0.39, 0.29) is 84.0 Å². The van der Waals surface area contributed by atoms with Crippen LogP contribution in [-0.2, 0) is 0 Å². The van der Waals surface area contributed by atoms with Gasteiger partial charge in [0, 0.05) is 17.5 Å². The van der Waals surface area contributed by atoms with Gasteiger partial charge in [-0.3, -0.25) is 4.90 Å². The van der Waals surface area contributed by atoms with E-state index in [0.717, 1.165) is 48.9 Å². The van der Waals surface area contributed by atoms with Crippen molar-refractivity contribution >= 4 is 54.7 Å². The Morgan fingerprint density at radius 1 is 1.25 bits per heavy atom. The first-order valence-corrected chi connectivity index (χ1v) is 16.7. The number of benzene rings is 2. The number of rotatable bonds is 7. The van der Waals surface area contributed by atoms with E-state index >= 15 is 4.39 Å². The van der Waals surface area contributed by atoms with Crippen LogP contribution < -0.4 is 20.1 Å². The number of thiophene rings is 1. The van der Waals surface area contributed by atoms with Crippen LogP contribution >= 0.6 is 22.9 Å². The Kier molecular flexibility index (Phi) is 7.23. The molecule has 3 fully saturated rings. The van der Waals surface area contributed by atoms with Gasteiger partial charge < -0.3 is 25.2 Å². The molecule has 3 aliphatic heterocycles. The highest BCUT2D eigenvalue weighted by molar-refractivity contribution is 7.23. The van der Waals surface area contributed by atoms with E-state index in [1.165, 1.54) is 11.0 Å². The summed E-state index contributed by atoms with van der Waals surface area (Å²) < 4.78 is 72.9. The van der Waals surface area contributed by atoms with Crippen molar-refractivity contribution in [1.29, 1.82) is 5.26 Å². The van der Waals surface area contributed by atoms with Crippen LogP contribution in [0.5, 0.6) is 11.8 Å². The highest BCUT2D eigenvalue weighted by atomic mass is 35.5. The average Bonchev–Trinajstić information content (AvgIpc) is 3.41. The Morgan fingerprint density at radius 3 is 2.77 bits per heavy atom. The maximum atomic E-state index is 17.1. The molecular weight excluding hydrogens is 672 g/mol. The van der Waals surface area contributed by atoms with Crippen LogP contribution in [0.15, 0.2) is 24.3 Å². The monoisotopic (exact) mass is 700 g/mol. The SMILES string of the molecule is C=C1CN2CCC[C@@]2(COc2nc3c4c(c(Cl)c(-c5ccc(F)c6sc(N)c(C#N)c56)c(F)c4n2)OCC(C2(O)CC2)N3CC(F)F)C1. The fourth-order valence-electron chi connectivity index (χ4n) is 7.70. The van der Waals surface area contributed by atoms with Gasteiger partial charge in [-0.15, -0.1) is 11.3 Å². The predicted molar refractivity (Wildman–Crippen MR) is 174 cm³/mol. The minimum atomic E-state index is -2.85. The molecule has 8 rings (SSSR count). The summed E-state index contributed by atoms with van der Waals surface area (Å²) in [6.07, 6.45) is 0.350. The smallest absolute Gasteiger partial charge is 0.319 e. The number of nitrogens with two attached hydrogens (primary N) is 1. The number of halogens is 5. The van der Waals surface area contributed by atoms with Crippen molar-refractivity contribution in [2.45, 2.75) is 55.7 Å². The van der Waals surface area contributed by atoms with E-state index in [0.29, 0.717) is 19.3 Å². The normalized spacial score (nSPS) is 23.1. The van der Waals surface area contributed by atoms with Crippen LogP contribution in [0.1, 0.15) is 37.7 Å². The maximum Gasteiger partial charge on any atom is 0.319 e. The molecule has 48 heavy (non-hydrogen) atoms. The lowest BCUT2D eigenvalue weighted by molar-refractivity contribution is 0.0791. The summed E-state index contributed by atoms with van der Waals surface area (Å²) in [7, 11) is 0. The van der Waals surface area contributed by atoms with Crippen molar-refractivity contribution in [2.24, 2.45) is 0 Å². The standard InChI is InChI=1S/C33H29ClF4N6O3S/c1-15-9-32(5-2-8-43(32)11-15)14-47-31-41-26-23-27(46-13-19(33(45)6-7-33)44(12-20(36)37)30(23)42-31)24(34)22(25(26)38)16-3-4-18(35)28-21(16)17(10-39)29(40)48-28/h3-4,19-20,45H,1-2,5-9,11-14,40H2/t19?,32-/m0/s1. The predicted octanol–water partition coefficient (Wildman–Crippen LogP) is 6.43. The highest BCUT2D eigenvalue weighted by Gasteiger charge is 2.53. The molecule has 9 nitrogen and oxygen atoms in total. The van der Waals surface area contributed by atoms with Gasteiger partial charge in [-0.2, -0.15) is 15.2 Å². The number of ether oxygens (including phenoxy) is 2. The van der Waals surface area contributed by atoms with E-state index in [1.807, 2.05) is 6.07 Å². The zero-order valence-electron chi connectivity index (χ0n) is 25.5. The molecule has 4 aliphatic rings. The largest absolute Gasteiger partial charge is 0.489 e. The molecule has 0 amide bonds. The zero-order valence-corrected chi connectivity index (χ0v) is 27.0. The second-order valence-electron chi connectivity index (χ2n) is 13.1. The molecule has 15 heteroatoms. The van der Waals surface area contributed by atoms with Gasteiger partial charge in [-0.05, 0) is 50.3 Å². The Morgan fingerprint density at radius 2 is 2.04 bits per heavy atom. The molecule has 1 aliphatic carbocycles. The van der Waals surface area contributed by atoms with Gasteiger partial charge in [0.1, 0.15) is 41.4 Å². The summed E-state index contributed by atoms with van der Waals surface area (Å²) in [6.45, 7) is 4.80. The molecule has 2 saturated heterocycles. The van der Waals surface area contributed by atoms with Crippen molar-refractivity contribution in [2.75, 3.05) is 43.5 Å². The van der Waals surface area contributed by atoms with Crippen molar-refractivity contribution in [3.63, 3.8) is 0 Å². The van der Waals surface area contributed by atoms with Gasteiger partial charge in [0.15, 0.2) is 11.6 Å². The van der Waals surface area contributed by atoms with Crippen LogP contribution in [-0.4, -0.2) is 76.4 Å². The zero-order chi connectivity index (χ0) is 33.7. The molecule has 0 radical (unpaired) electrons. The Balaban J connectivity index is 1.37. The number of nitrogens with zero attached hydrogens (tertiary/aromatic N) is 5. The molecule has 250 valence electrons. The number of aromatic nitrogens is 2. The van der Waals surface area contributed by atoms with Crippen LogP contribution in [0.3, 0.4) is 0 Å². The van der Waals surface area contributed by atoms with Crippen molar-refractivity contribution in [3.8, 4) is 29.0 Å². The molecule has 3 N–H and O–H groups in total. The fraction of sp³-hybridized carbons (Fsp3) is 0.424. The number of anilines is 2. The van der Waals surface area contributed by atoms with Crippen molar-refractivity contribution < 1.29 is 32.1 Å². The average molecular weight is 701 g/mol. The molecule has 2 aromatic heterocycles. The van der Waals surface area contributed by atoms with E-state index < -0.39 is 36.2 Å². The fourth-order valence-corrected chi connectivity index (χ4v) is 8.99. The number of fused-ring (bicyclic) bond motifs is 2. The molecule has 2 aromatic carbocycles. The van der Waals surface area contributed by atoms with E-state index in [1.54, 1.807) is 0 Å².